The molecule has 0 aliphatic carbocycles. The lowest BCUT2D eigenvalue weighted by atomic mass is 10.4. The highest BCUT2D eigenvalue weighted by Crippen LogP contribution is 2.15. The van der Waals surface area contributed by atoms with Crippen molar-refractivity contribution in [2.75, 3.05) is 6.61 Å². The molecule has 1 heterocycles. The fraction of sp³-hybridized carbons (Fsp3) is 0.333. The van der Waals surface area contributed by atoms with Crippen LogP contribution in [0.5, 0.6) is 0 Å². The quantitative estimate of drug-likeness (QED) is 0.584. The van der Waals surface area contributed by atoms with E-state index in [1.54, 1.807) is 6.92 Å². The zero-order chi connectivity index (χ0) is 10.8. The highest BCUT2D eigenvalue weighted by atomic mass is 32.3. The van der Waals surface area contributed by atoms with Crippen molar-refractivity contribution in [3.63, 3.8) is 0 Å². The van der Waals surface area contributed by atoms with E-state index in [4.69, 9.17) is 0 Å². The molecule has 1 aromatic rings. The van der Waals surface area contributed by atoms with Gasteiger partial charge in [0.2, 0.25) is 0 Å². The Morgan fingerprint density at radius 1 is 1.71 bits per heavy atom. The molecule has 78 valence electrons. The number of hydrogen-bond acceptors (Lipinski definition) is 5. The van der Waals surface area contributed by atoms with Gasteiger partial charge in [0.25, 0.3) is 0 Å². The van der Waals surface area contributed by atoms with E-state index < -0.39 is 26.8 Å². The predicted octanol–water partition coefficient (Wildman–Crippen LogP) is 0.245. The predicted molar refractivity (Wildman–Crippen MR) is 42.8 cm³/mol. The zero-order valence-corrected chi connectivity index (χ0v) is 7.97. The van der Waals surface area contributed by atoms with Crippen LogP contribution in [0.25, 0.3) is 0 Å². The smallest absolute Gasteiger partial charge is 0.350 e. The summed E-state index contributed by atoms with van der Waals surface area (Å²) < 4.78 is 38.0. The van der Waals surface area contributed by atoms with Gasteiger partial charge >= 0.3 is 16.2 Å². The Bertz CT molecular complexity index is 438. The summed E-state index contributed by atoms with van der Waals surface area (Å²) in [5.41, 5.74) is -0.436. The number of ether oxygens (including phenoxy) is 1. The van der Waals surface area contributed by atoms with Crippen LogP contribution in [0.4, 0.5) is 3.89 Å². The van der Waals surface area contributed by atoms with E-state index in [9.17, 15) is 17.1 Å². The Morgan fingerprint density at radius 3 is 2.86 bits per heavy atom. The Labute approximate surface area is 79.3 Å². The third-order valence-corrected chi connectivity index (χ3v) is 2.14. The molecule has 0 unspecified atom stereocenters. The molecule has 1 aromatic heterocycles. The molecule has 0 spiro atoms. The molecule has 0 aliphatic heterocycles. The van der Waals surface area contributed by atoms with Crippen LogP contribution in [0.1, 0.15) is 17.3 Å². The number of aromatic nitrogens is 2. The number of nitrogens with one attached hydrogen (secondary N) is 1. The average molecular weight is 222 g/mol. The second-order valence-electron chi connectivity index (χ2n) is 2.27. The van der Waals surface area contributed by atoms with Gasteiger partial charge in [-0.2, -0.15) is 13.5 Å². The number of carbonyl (C=O) groups is 1. The Morgan fingerprint density at radius 2 is 2.36 bits per heavy atom. The summed E-state index contributed by atoms with van der Waals surface area (Å²) in [7, 11) is -4.97. The Balaban J connectivity index is 3.12. The van der Waals surface area contributed by atoms with Crippen molar-refractivity contribution in [2.24, 2.45) is 0 Å². The maximum atomic E-state index is 12.5. The molecule has 0 saturated carbocycles. The molecule has 0 fully saturated rings. The lowest BCUT2D eigenvalue weighted by molar-refractivity contribution is 0.0521. The Hall–Kier alpha value is -1.44. The van der Waals surface area contributed by atoms with E-state index in [1.165, 1.54) is 0 Å². The van der Waals surface area contributed by atoms with Gasteiger partial charge in [0.05, 0.1) is 12.8 Å². The van der Waals surface area contributed by atoms with Crippen molar-refractivity contribution >= 4 is 16.2 Å². The SMILES string of the molecule is CCOC(=O)c1cn[nH]c1S(=O)(=O)F. The van der Waals surface area contributed by atoms with Crippen molar-refractivity contribution in [3.8, 4) is 0 Å². The summed E-state index contributed by atoms with van der Waals surface area (Å²) in [5, 5.41) is 4.24. The standard InChI is InChI=1S/C6H7FN2O4S/c1-2-13-6(10)4-3-8-9-5(4)14(7,11)12/h3H,2H2,1H3,(H,8,9). The number of rotatable bonds is 3. The molecule has 0 aromatic carbocycles. The number of halogens is 1. The molecule has 0 radical (unpaired) electrons. The normalized spacial score (nSPS) is 11.3. The molecule has 6 nitrogen and oxygen atoms in total. The molecule has 0 amide bonds. The summed E-state index contributed by atoms with van der Waals surface area (Å²) >= 11 is 0. The maximum absolute atomic E-state index is 12.5. The van der Waals surface area contributed by atoms with Crippen LogP contribution in [0, 0.1) is 0 Å². The molecule has 1 rings (SSSR count). The summed E-state index contributed by atoms with van der Waals surface area (Å²) in [6.07, 6.45) is 0.893. The van der Waals surface area contributed by atoms with E-state index in [1.807, 2.05) is 5.10 Å². The van der Waals surface area contributed by atoms with Crippen LogP contribution in [0.15, 0.2) is 11.2 Å². The van der Waals surface area contributed by atoms with Crippen molar-refractivity contribution in [1.82, 2.24) is 10.2 Å². The largest absolute Gasteiger partial charge is 0.462 e. The van der Waals surface area contributed by atoms with Gasteiger partial charge in [-0.05, 0) is 6.92 Å². The van der Waals surface area contributed by atoms with Crippen LogP contribution in [0.3, 0.4) is 0 Å². The van der Waals surface area contributed by atoms with E-state index in [0.29, 0.717) is 0 Å². The molecule has 0 atom stereocenters. The minimum Gasteiger partial charge on any atom is -0.462 e. The molecule has 0 saturated heterocycles. The summed E-state index contributed by atoms with van der Waals surface area (Å²) in [4.78, 5) is 11.1. The third-order valence-electron chi connectivity index (χ3n) is 1.34. The Kier molecular flexibility index (Phi) is 2.84. The molecule has 14 heavy (non-hydrogen) atoms. The third kappa shape index (κ3) is 2.08. The first-order valence-corrected chi connectivity index (χ1v) is 5.00. The molecule has 8 heteroatoms. The van der Waals surface area contributed by atoms with Crippen LogP contribution < -0.4 is 0 Å². The van der Waals surface area contributed by atoms with Gasteiger partial charge in [-0.1, -0.05) is 3.89 Å². The van der Waals surface area contributed by atoms with Gasteiger partial charge in [0.1, 0.15) is 5.56 Å². The van der Waals surface area contributed by atoms with Gasteiger partial charge in [-0.25, -0.2) is 4.79 Å². The number of esters is 1. The number of aromatic amines is 1. The van der Waals surface area contributed by atoms with Gasteiger partial charge in [-0.3, -0.25) is 5.10 Å². The number of carbonyl (C=O) groups excluding carboxylic acids is 1. The summed E-state index contributed by atoms with van der Waals surface area (Å²) in [6.45, 7) is 1.61. The molecule has 1 N–H and O–H groups in total. The van der Waals surface area contributed by atoms with Crippen LogP contribution in [0.2, 0.25) is 0 Å². The lowest BCUT2D eigenvalue weighted by Crippen LogP contribution is -2.08. The lowest BCUT2D eigenvalue weighted by Gasteiger charge is -1.98. The number of nitrogens with zero attached hydrogens (tertiary/aromatic N) is 1. The molecular weight excluding hydrogens is 215 g/mol. The zero-order valence-electron chi connectivity index (χ0n) is 7.15. The van der Waals surface area contributed by atoms with Gasteiger partial charge in [0, 0.05) is 0 Å². The van der Waals surface area contributed by atoms with Crippen LogP contribution >= 0.6 is 0 Å². The number of hydrogen-bond donors (Lipinski definition) is 1. The maximum Gasteiger partial charge on any atom is 0.350 e. The second kappa shape index (κ2) is 3.74. The van der Waals surface area contributed by atoms with Crippen molar-refractivity contribution in [3.05, 3.63) is 11.8 Å². The monoisotopic (exact) mass is 222 g/mol. The first kappa shape index (κ1) is 10.6. The fourth-order valence-electron chi connectivity index (χ4n) is 0.814. The number of H-pyrrole nitrogens is 1. The summed E-state index contributed by atoms with van der Waals surface area (Å²) in [5.74, 6) is -0.933. The van der Waals surface area contributed by atoms with Crippen molar-refractivity contribution in [1.29, 1.82) is 0 Å². The highest BCUT2D eigenvalue weighted by molar-refractivity contribution is 7.86. The van der Waals surface area contributed by atoms with E-state index in [-0.39, 0.29) is 6.61 Å². The van der Waals surface area contributed by atoms with Crippen LogP contribution in [-0.4, -0.2) is 31.2 Å². The first-order chi connectivity index (χ1) is 6.46. The van der Waals surface area contributed by atoms with Gasteiger partial charge in [0.15, 0.2) is 5.03 Å². The molecule has 0 bridgehead atoms. The highest BCUT2D eigenvalue weighted by Gasteiger charge is 2.25. The topological polar surface area (TPSA) is 89.1 Å². The second-order valence-corrected chi connectivity index (χ2v) is 3.56. The van der Waals surface area contributed by atoms with Crippen LogP contribution in [-0.2, 0) is 15.0 Å². The van der Waals surface area contributed by atoms with Gasteiger partial charge in [-0.15, -0.1) is 0 Å². The minimum absolute atomic E-state index is 0.0653. The van der Waals surface area contributed by atoms with E-state index in [2.05, 4.69) is 9.84 Å². The average Bonchev–Trinajstić information content (AvgIpc) is 2.50. The molecular formula is C6H7FN2O4S. The fourth-order valence-corrected chi connectivity index (χ4v) is 1.37. The van der Waals surface area contributed by atoms with E-state index >= 15 is 0 Å². The van der Waals surface area contributed by atoms with Gasteiger partial charge < -0.3 is 4.74 Å². The first-order valence-electron chi connectivity index (χ1n) is 3.62. The van der Waals surface area contributed by atoms with E-state index in [0.717, 1.165) is 6.20 Å². The van der Waals surface area contributed by atoms with Crippen molar-refractivity contribution < 1.29 is 21.8 Å². The minimum atomic E-state index is -4.97. The molecule has 0 aliphatic rings. The summed E-state index contributed by atoms with van der Waals surface area (Å²) in [6, 6.07) is 0. The van der Waals surface area contributed by atoms with Crippen molar-refractivity contribution in [2.45, 2.75) is 11.9 Å².